The molecule has 0 aromatic rings. The molecular formula is C12H20IN. The first-order chi connectivity index (χ1) is 6.88. The summed E-state index contributed by atoms with van der Waals surface area (Å²) in [4.78, 5) is 4.14. The number of hydrogen-bond acceptors (Lipinski definition) is 1. The fraction of sp³-hybridized carbons (Fsp3) is 0.750. The minimum Gasteiger partial charge on any atom is -0.296 e. The lowest BCUT2D eigenvalue weighted by Crippen LogP contribution is -2.07. The molecule has 1 saturated carbocycles. The minimum atomic E-state index is 0.774. The van der Waals surface area contributed by atoms with Gasteiger partial charge in [-0.05, 0) is 28.4 Å². The van der Waals surface area contributed by atoms with Crippen LogP contribution in [0.2, 0.25) is 0 Å². The van der Waals surface area contributed by atoms with E-state index < -0.39 is 0 Å². The van der Waals surface area contributed by atoms with Crippen molar-refractivity contribution in [3.05, 3.63) is 9.66 Å². The second-order valence-electron chi connectivity index (χ2n) is 4.04. The Morgan fingerprint density at radius 3 is 2.21 bits per heavy atom. The molecule has 0 spiro atoms. The van der Waals surface area contributed by atoms with Crippen molar-refractivity contribution in [2.75, 3.05) is 7.05 Å². The van der Waals surface area contributed by atoms with Crippen molar-refractivity contribution in [3.63, 3.8) is 0 Å². The summed E-state index contributed by atoms with van der Waals surface area (Å²) in [7, 11) is 1.86. The van der Waals surface area contributed by atoms with E-state index >= 15 is 0 Å². The van der Waals surface area contributed by atoms with Crippen LogP contribution in [0, 0.1) is 5.92 Å². The molecule has 0 heterocycles. The van der Waals surface area contributed by atoms with Gasteiger partial charge in [0.05, 0.1) is 0 Å². The summed E-state index contributed by atoms with van der Waals surface area (Å²) in [5.74, 6) is 0.774. The highest BCUT2D eigenvalue weighted by Gasteiger charge is 2.13. The summed E-state index contributed by atoms with van der Waals surface area (Å²) in [6.45, 7) is 0. The summed E-state index contributed by atoms with van der Waals surface area (Å²) < 4.78 is 2.21. The third-order valence-corrected chi connectivity index (χ3v) is 3.70. The molecule has 0 atom stereocenters. The number of halogens is 1. The zero-order valence-corrected chi connectivity index (χ0v) is 11.2. The van der Waals surface area contributed by atoms with E-state index in [2.05, 4.69) is 31.7 Å². The Labute approximate surface area is 101 Å². The van der Waals surface area contributed by atoms with E-state index in [9.17, 15) is 0 Å². The number of aliphatic imine (C=N–C) groups is 1. The molecule has 1 nitrogen and oxygen atoms in total. The summed E-state index contributed by atoms with van der Waals surface area (Å²) >= 11 is 2.34. The number of hydrogen-bond donors (Lipinski definition) is 0. The van der Waals surface area contributed by atoms with Gasteiger partial charge in [-0.25, -0.2) is 0 Å². The van der Waals surface area contributed by atoms with Crippen LogP contribution in [0.1, 0.15) is 44.9 Å². The molecule has 2 heteroatoms. The van der Waals surface area contributed by atoms with Gasteiger partial charge >= 0.3 is 0 Å². The molecule has 0 amide bonds. The van der Waals surface area contributed by atoms with E-state index in [1.54, 1.807) is 0 Å². The first-order valence-electron chi connectivity index (χ1n) is 5.61. The van der Waals surface area contributed by atoms with Crippen LogP contribution in [0.25, 0.3) is 0 Å². The van der Waals surface area contributed by atoms with Gasteiger partial charge in [-0.3, -0.25) is 4.99 Å². The second-order valence-corrected chi connectivity index (χ2v) is 4.66. The molecule has 0 aliphatic heterocycles. The first-order valence-corrected chi connectivity index (χ1v) is 6.85. The molecule has 1 aliphatic rings. The van der Waals surface area contributed by atoms with Crippen molar-refractivity contribution >= 4 is 28.8 Å². The SMILES string of the molecule is C/N=C\C(=C/I)C1CCCCCCC1. The van der Waals surface area contributed by atoms with Crippen LogP contribution >= 0.6 is 22.6 Å². The lowest BCUT2D eigenvalue weighted by Gasteiger charge is -2.19. The average molecular weight is 305 g/mol. The van der Waals surface area contributed by atoms with Crippen molar-refractivity contribution in [1.29, 1.82) is 0 Å². The van der Waals surface area contributed by atoms with Crippen molar-refractivity contribution in [2.24, 2.45) is 10.9 Å². The van der Waals surface area contributed by atoms with E-state index in [0.717, 1.165) is 5.92 Å². The molecule has 14 heavy (non-hydrogen) atoms. The molecular weight excluding hydrogens is 285 g/mol. The molecule has 1 rings (SSSR count). The Morgan fingerprint density at radius 2 is 1.71 bits per heavy atom. The molecule has 0 unspecified atom stereocenters. The first kappa shape index (κ1) is 12.2. The van der Waals surface area contributed by atoms with Gasteiger partial charge in [0.25, 0.3) is 0 Å². The van der Waals surface area contributed by atoms with Crippen LogP contribution in [-0.2, 0) is 0 Å². The number of allylic oxidation sites excluding steroid dienone is 1. The molecule has 0 bridgehead atoms. The highest BCUT2D eigenvalue weighted by atomic mass is 127. The summed E-state index contributed by atoms with van der Waals surface area (Å²) in [6, 6.07) is 0. The molecule has 1 aliphatic carbocycles. The van der Waals surface area contributed by atoms with Gasteiger partial charge in [-0.2, -0.15) is 0 Å². The third-order valence-electron chi connectivity index (χ3n) is 2.98. The third kappa shape index (κ3) is 4.11. The number of rotatable bonds is 2. The second kappa shape index (κ2) is 7.43. The fourth-order valence-corrected chi connectivity index (χ4v) is 2.83. The highest BCUT2D eigenvalue weighted by Crippen LogP contribution is 2.27. The summed E-state index contributed by atoms with van der Waals surface area (Å²) in [5, 5.41) is 0. The summed E-state index contributed by atoms with van der Waals surface area (Å²) in [5.41, 5.74) is 1.44. The monoisotopic (exact) mass is 305 g/mol. The van der Waals surface area contributed by atoms with Crippen LogP contribution in [0.5, 0.6) is 0 Å². The molecule has 80 valence electrons. The van der Waals surface area contributed by atoms with Crippen LogP contribution in [0.4, 0.5) is 0 Å². The van der Waals surface area contributed by atoms with Crippen molar-refractivity contribution in [3.8, 4) is 0 Å². The zero-order chi connectivity index (χ0) is 10.2. The average Bonchev–Trinajstić information content (AvgIpc) is 2.15. The predicted molar refractivity (Wildman–Crippen MR) is 72.3 cm³/mol. The normalized spacial score (nSPS) is 22.3. The predicted octanol–water partition coefficient (Wildman–Crippen LogP) is 4.37. The van der Waals surface area contributed by atoms with E-state index in [1.165, 1.54) is 50.5 Å². The lowest BCUT2D eigenvalue weighted by molar-refractivity contribution is 0.429. The fourth-order valence-electron chi connectivity index (χ4n) is 2.16. The maximum atomic E-state index is 4.14. The van der Waals surface area contributed by atoms with Crippen LogP contribution < -0.4 is 0 Å². The molecule has 0 aromatic carbocycles. The lowest BCUT2D eigenvalue weighted by atomic mass is 9.87. The van der Waals surface area contributed by atoms with Gasteiger partial charge in [0.2, 0.25) is 0 Å². The highest BCUT2D eigenvalue weighted by molar-refractivity contribution is 14.1. The Hall–Kier alpha value is 0.140. The van der Waals surface area contributed by atoms with Crippen molar-refractivity contribution in [1.82, 2.24) is 0 Å². The van der Waals surface area contributed by atoms with E-state index in [-0.39, 0.29) is 0 Å². The molecule has 1 fully saturated rings. The van der Waals surface area contributed by atoms with Gasteiger partial charge < -0.3 is 0 Å². The van der Waals surface area contributed by atoms with Gasteiger partial charge in [-0.1, -0.05) is 54.7 Å². The molecule has 0 aromatic heterocycles. The molecule has 0 radical (unpaired) electrons. The summed E-state index contributed by atoms with van der Waals surface area (Å²) in [6.07, 6.45) is 11.9. The van der Waals surface area contributed by atoms with Crippen molar-refractivity contribution < 1.29 is 0 Å². The Balaban J connectivity index is 2.53. The molecule has 0 saturated heterocycles. The standard InChI is InChI=1S/C12H20IN/c1-14-10-12(9-13)11-7-5-3-2-4-6-8-11/h9-11H,2-8H2,1H3/b12-9+,14-10-. The number of nitrogens with zero attached hydrogens (tertiary/aromatic N) is 1. The zero-order valence-electron chi connectivity index (χ0n) is 9.01. The van der Waals surface area contributed by atoms with Gasteiger partial charge in [0.15, 0.2) is 0 Å². The maximum absolute atomic E-state index is 4.14. The Morgan fingerprint density at radius 1 is 1.14 bits per heavy atom. The Bertz CT molecular complexity index is 200. The van der Waals surface area contributed by atoms with E-state index in [0.29, 0.717) is 0 Å². The van der Waals surface area contributed by atoms with Gasteiger partial charge in [0, 0.05) is 13.3 Å². The van der Waals surface area contributed by atoms with Crippen LogP contribution in [0.15, 0.2) is 14.6 Å². The van der Waals surface area contributed by atoms with Crippen LogP contribution in [-0.4, -0.2) is 13.3 Å². The van der Waals surface area contributed by atoms with E-state index in [4.69, 9.17) is 0 Å². The largest absolute Gasteiger partial charge is 0.296 e. The quantitative estimate of drug-likeness (QED) is 0.531. The molecule has 0 N–H and O–H groups in total. The Kier molecular flexibility index (Phi) is 6.48. The van der Waals surface area contributed by atoms with E-state index in [1.807, 2.05) is 13.3 Å². The van der Waals surface area contributed by atoms with Crippen LogP contribution in [0.3, 0.4) is 0 Å². The van der Waals surface area contributed by atoms with Gasteiger partial charge in [0.1, 0.15) is 0 Å². The maximum Gasteiger partial charge on any atom is 0.0277 e. The minimum absolute atomic E-state index is 0.774. The smallest absolute Gasteiger partial charge is 0.0277 e. The van der Waals surface area contributed by atoms with Gasteiger partial charge in [-0.15, -0.1) is 0 Å². The van der Waals surface area contributed by atoms with Crippen molar-refractivity contribution in [2.45, 2.75) is 44.9 Å². The topological polar surface area (TPSA) is 12.4 Å².